The summed E-state index contributed by atoms with van der Waals surface area (Å²) in [7, 11) is 0. The van der Waals surface area contributed by atoms with Gasteiger partial charge in [0.15, 0.2) is 6.79 Å². The average molecular weight is 421 g/mol. The molecule has 1 aromatic carbocycles. The molecule has 2 rings (SSSR count). The summed E-state index contributed by atoms with van der Waals surface area (Å²) in [6.45, 7) is 3.84. The summed E-state index contributed by atoms with van der Waals surface area (Å²) in [5, 5.41) is 0. The van der Waals surface area contributed by atoms with Gasteiger partial charge in [-0.15, -0.1) is 0 Å². The molecule has 1 heterocycles. The number of hydrogen-bond donors (Lipinski definition) is 0. The van der Waals surface area contributed by atoms with Crippen molar-refractivity contribution in [1.29, 1.82) is 0 Å². The molecule has 1 aromatic rings. The van der Waals surface area contributed by atoms with Gasteiger partial charge in [0.1, 0.15) is 5.75 Å². The Hall–Kier alpha value is -0.902. The van der Waals surface area contributed by atoms with Gasteiger partial charge in [0, 0.05) is 27.7 Å². The van der Waals surface area contributed by atoms with Crippen molar-refractivity contribution in [2.45, 2.75) is 13.0 Å². The predicted octanol–water partition coefficient (Wildman–Crippen LogP) is 2.04. The molecule has 98 valence electrons. The van der Waals surface area contributed by atoms with Crippen LogP contribution in [0.1, 0.15) is 5.56 Å². The van der Waals surface area contributed by atoms with Crippen LogP contribution in [0, 0.1) is 13.5 Å². The van der Waals surface area contributed by atoms with E-state index in [1.165, 1.54) is 0 Å². The van der Waals surface area contributed by atoms with Gasteiger partial charge < -0.3 is 18.9 Å². The molecule has 0 radical (unpaired) electrons. The monoisotopic (exact) mass is 421 g/mol. The molecule has 0 amide bonds. The minimum absolute atomic E-state index is 0. The maximum Gasteiger partial charge on any atom is 0.515 e. The molecule has 1 aliphatic rings. The molecule has 1 unspecified atom stereocenters. The van der Waals surface area contributed by atoms with Crippen LogP contribution in [0.3, 0.4) is 0 Å². The Morgan fingerprint density at radius 2 is 2.06 bits per heavy atom. The normalized spacial score (nSPS) is 16.6. The van der Waals surface area contributed by atoms with E-state index in [0.29, 0.717) is 12.4 Å². The number of epoxide rings is 1. The Morgan fingerprint density at radius 1 is 1.39 bits per heavy atom. The molecule has 1 saturated heterocycles. The third kappa shape index (κ3) is 5.62. The minimum atomic E-state index is -0.783. The fourth-order valence-electron chi connectivity index (χ4n) is 1.12. The molecule has 0 N–H and O–H groups in total. The van der Waals surface area contributed by atoms with E-state index in [4.69, 9.17) is 18.9 Å². The molecule has 0 spiro atoms. The molecule has 6 heteroatoms. The molecular formula is C12H13O5W-. The minimum Gasteiger partial charge on any atom is -0.568 e. The van der Waals surface area contributed by atoms with E-state index in [0.717, 1.165) is 5.56 Å². The Labute approximate surface area is 120 Å². The summed E-state index contributed by atoms with van der Waals surface area (Å²) in [6.07, 6.45) is -0.749. The van der Waals surface area contributed by atoms with Crippen molar-refractivity contribution in [3.63, 3.8) is 0 Å². The van der Waals surface area contributed by atoms with Gasteiger partial charge in [-0.05, 0) is 19.1 Å². The van der Waals surface area contributed by atoms with Crippen molar-refractivity contribution in [2.24, 2.45) is 0 Å². The van der Waals surface area contributed by atoms with Crippen LogP contribution in [0.15, 0.2) is 24.3 Å². The quantitative estimate of drug-likeness (QED) is 0.182. The molecule has 5 nitrogen and oxygen atoms in total. The van der Waals surface area contributed by atoms with Gasteiger partial charge in [-0.2, -0.15) is 6.61 Å². The number of carbonyl (C=O) groups is 1. The van der Waals surface area contributed by atoms with Crippen molar-refractivity contribution in [1.82, 2.24) is 0 Å². The number of hydrogen-bond acceptors (Lipinski definition) is 5. The summed E-state index contributed by atoms with van der Waals surface area (Å²) in [4.78, 5) is 11.2. The van der Waals surface area contributed by atoms with Crippen LogP contribution in [-0.2, 0) is 35.3 Å². The molecule has 0 saturated carbocycles. The van der Waals surface area contributed by atoms with Gasteiger partial charge in [-0.25, -0.2) is 4.79 Å². The zero-order valence-electron chi connectivity index (χ0n) is 9.83. The van der Waals surface area contributed by atoms with Gasteiger partial charge in [-0.3, -0.25) is 0 Å². The second-order valence-electron chi connectivity index (χ2n) is 3.61. The first-order chi connectivity index (χ1) is 8.24. The number of benzene rings is 1. The zero-order valence-corrected chi connectivity index (χ0v) is 12.8. The van der Waals surface area contributed by atoms with E-state index in [9.17, 15) is 4.79 Å². The topological polar surface area (TPSA) is 57.3 Å². The van der Waals surface area contributed by atoms with Crippen molar-refractivity contribution >= 4 is 6.16 Å². The summed E-state index contributed by atoms with van der Waals surface area (Å²) >= 11 is 0. The van der Waals surface area contributed by atoms with Gasteiger partial charge in [-0.1, -0.05) is 23.8 Å². The van der Waals surface area contributed by atoms with Crippen LogP contribution in [0.5, 0.6) is 5.75 Å². The van der Waals surface area contributed by atoms with Crippen molar-refractivity contribution in [2.75, 3.05) is 13.4 Å². The zero-order chi connectivity index (χ0) is 12.1. The first-order valence-corrected chi connectivity index (χ1v) is 5.22. The van der Waals surface area contributed by atoms with E-state index in [1.807, 2.05) is 19.1 Å². The number of rotatable bonds is 5. The van der Waals surface area contributed by atoms with Crippen LogP contribution < -0.4 is 4.74 Å². The van der Waals surface area contributed by atoms with Gasteiger partial charge in [0.25, 0.3) is 0 Å². The smallest absolute Gasteiger partial charge is 0.515 e. The Balaban J connectivity index is 0.00000162. The number of ether oxygens (including phenoxy) is 4. The summed E-state index contributed by atoms with van der Waals surface area (Å²) in [5.74, 6) is 0.444. The first-order valence-electron chi connectivity index (χ1n) is 5.22. The number of aryl methyl sites for hydroxylation is 1. The Kier molecular flexibility index (Phi) is 6.33. The molecule has 1 fully saturated rings. The third-order valence-electron chi connectivity index (χ3n) is 2.09. The van der Waals surface area contributed by atoms with Crippen LogP contribution in [-0.4, -0.2) is 25.7 Å². The molecule has 0 aliphatic carbocycles. The van der Waals surface area contributed by atoms with E-state index in [2.05, 4.69) is 0 Å². The number of carbonyl (C=O) groups excluding carboxylic acids is 1. The predicted molar refractivity (Wildman–Crippen MR) is 58.3 cm³/mol. The molecule has 0 bridgehead atoms. The SMILES string of the molecule is Cc1ccc(OC(=O)OCOCC2[CH-]O2)cc1.[W]. The largest absolute Gasteiger partial charge is 0.568 e. The maximum absolute atomic E-state index is 11.2. The summed E-state index contributed by atoms with van der Waals surface area (Å²) in [5.41, 5.74) is 1.09. The molecule has 1 atom stereocenters. The average Bonchev–Trinajstić information content (AvgIpc) is 3.12. The Bertz CT molecular complexity index is 375. The molecule has 1 aliphatic heterocycles. The van der Waals surface area contributed by atoms with Crippen LogP contribution in [0.2, 0.25) is 0 Å². The van der Waals surface area contributed by atoms with E-state index in [-0.39, 0.29) is 34.0 Å². The van der Waals surface area contributed by atoms with Crippen LogP contribution in [0.25, 0.3) is 0 Å². The van der Waals surface area contributed by atoms with E-state index < -0.39 is 6.16 Å². The fraction of sp³-hybridized carbons (Fsp3) is 0.333. The molecule has 0 aromatic heterocycles. The summed E-state index contributed by atoms with van der Waals surface area (Å²) < 4.78 is 19.4. The first kappa shape index (κ1) is 15.2. The van der Waals surface area contributed by atoms with Gasteiger partial charge in [0.05, 0.1) is 0 Å². The molecular weight excluding hydrogens is 408 g/mol. The third-order valence-corrected chi connectivity index (χ3v) is 2.09. The van der Waals surface area contributed by atoms with Gasteiger partial charge >= 0.3 is 6.16 Å². The van der Waals surface area contributed by atoms with Crippen molar-refractivity contribution in [3.05, 3.63) is 36.4 Å². The van der Waals surface area contributed by atoms with Crippen molar-refractivity contribution < 1.29 is 44.8 Å². The maximum atomic E-state index is 11.2. The van der Waals surface area contributed by atoms with Crippen molar-refractivity contribution in [3.8, 4) is 5.75 Å². The standard InChI is InChI=1S/C12H13O5.W/c1-9-2-4-10(5-3-9)17-12(13)16-8-14-6-11-7-15-11;/h2-5,7,11H,6,8H2,1H3;/q-1;. The fourth-order valence-corrected chi connectivity index (χ4v) is 1.12. The second kappa shape index (κ2) is 7.51. The van der Waals surface area contributed by atoms with E-state index in [1.54, 1.807) is 18.7 Å². The van der Waals surface area contributed by atoms with Crippen LogP contribution >= 0.6 is 0 Å². The van der Waals surface area contributed by atoms with Crippen LogP contribution in [0.4, 0.5) is 4.79 Å². The second-order valence-corrected chi connectivity index (χ2v) is 3.61. The van der Waals surface area contributed by atoms with Gasteiger partial charge in [0.2, 0.25) is 0 Å². The Morgan fingerprint density at radius 3 is 2.67 bits per heavy atom. The van der Waals surface area contributed by atoms with E-state index >= 15 is 0 Å². The molecule has 18 heavy (non-hydrogen) atoms. The summed E-state index contributed by atoms with van der Waals surface area (Å²) in [6, 6.07) is 7.09.